The molecular formula is C11H16ClN3. The normalized spacial score (nSPS) is 18.2. The van der Waals surface area contributed by atoms with E-state index < -0.39 is 0 Å². The molecule has 0 aliphatic carbocycles. The van der Waals surface area contributed by atoms with Gasteiger partial charge in [-0.2, -0.15) is 0 Å². The minimum absolute atomic E-state index is 0.763. The molecule has 4 heteroatoms. The lowest BCUT2D eigenvalue weighted by atomic mass is 10.3. The molecule has 1 aromatic heterocycles. The Hall–Kier alpha value is -0.800. The fourth-order valence-electron chi connectivity index (χ4n) is 1.78. The predicted octanol–water partition coefficient (Wildman–Crippen LogP) is 1.80. The second-order valence-electron chi connectivity index (χ2n) is 4.11. The Bertz CT molecular complexity index is 346. The van der Waals surface area contributed by atoms with Crippen LogP contribution in [0.4, 0.5) is 5.82 Å². The smallest absolute Gasteiger partial charge is 0.147 e. The zero-order chi connectivity index (χ0) is 10.8. The van der Waals surface area contributed by atoms with Crippen LogP contribution in [0.15, 0.2) is 12.3 Å². The molecule has 0 saturated carbocycles. The number of aromatic nitrogens is 1. The molecule has 0 bridgehead atoms. The first-order valence-corrected chi connectivity index (χ1v) is 5.60. The first-order chi connectivity index (χ1) is 7.16. The van der Waals surface area contributed by atoms with E-state index in [-0.39, 0.29) is 0 Å². The molecule has 0 aromatic carbocycles. The molecule has 2 heterocycles. The van der Waals surface area contributed by atoms with Crippen LogP contribution in [0.1, 0.15) is 5.56 Å². The summed E-state index contributed by atoms with van der Waals surface area (Å²) in [6.07, 6.45) is 1.87. The molecule has 0 unspecified atom stereocenters. The SMILES string of the molecule is Cc1cnc(N2CCN(C)CC2)c(Cl)c1. The van der Waals surface area contributed by atoms with Gasteiger partial charge in [-0.15, -0.1) is 0 Å². The average molecular weight is 226 g/mol. The van der Waals surface area contributed by atoms with Crippen LogP contribution in [-0.4, -0.2) is 43.1 Å². The Balaban J connectivity index is 2.15. The number of pyridine rings is 1. The lowest BCUT2D eigenvalue weighted by Crippen LogP contribution is -2.44. The lowest BCUT2D eigenvalue weighted by molar-refractivity contribution is 0.312. The number of piperazine rings is 1. The van der Waals surface area contributed by atoms with Crippen molar-refractivity contribution in [3.05, 3.63) is 22.8 Å². The van der Waals surface area contributed by atoms with Crippen LogP contribution in [0.5, 0.6) is 0 Å². The molecule has 0 radical (unpaired) electrons. The Morgan fingerprint density at radius 1 is 1.27 bits per heavy atom. The minimum atomic E-state index is 0.763. The summed E-state index contributed by atoms with van der Waals surface area (Å²) in [5.74, 6) is 0.926. The summed E-state index contributed by atoms with van der Waals surface area (Å²) in [6.45, 7) is 6.17. The fourth-order valence-corrected chi connectivity index (χ4v) is 2.12. The van der Waals surface area contributed by atoms with Crippen molar-refractivity contribution in [1.29, 1.82) is 0 Å². The molecule has 1 aromatic rings. The average Bonchev–Trinajstić information content (AvgIpc) is 2.20. The quantitative estimate of drug-likeness (QED) is 0.727. The van der Waals surface area contributed by atoms with Crippen molar-refractivity contribution in [2.75, 3.05) is 38.1 Å². The molecule has 0 N–H and O–H groups in total. The number of rotatable bonds is 1. The summed E-state index contributed by atoms with van der Waals surface area (Å²) >= 11 is 6.18. The molecule has 15 heavy (non-hydrogen) atoms. The largest absolute Gasteiger partial charge is 0.353 e. The van der Waals surface area contributed by atoms with Gasteiger partial charge < -0.3 is 9.80 Å². The monoisotopic (exact) mass is 225 g/mol. The topological polar surface area (TPSA) is 19.4 Å². The van der Waals surface area contributed by atoms with Crippen LogP contribution in [0, 0.1) is 6.92 Å². The Kier molecular flexibility index (Phi) is 3.12. The van der Waals surface area contributed by atoms with Gasteiger partial charge in [-0.25, -0.2) is 4.98 Å². The van der Waals surface area contributed by atoms with Gasteiger partial charge in [0.25, 0.3) is 0 Å². The second kappa shape index (κ2) is 4.37. The van der Waals surface area contributed by atoms with E-state index in [9.17, 15) is 0 Å². The number of anilines is 1. The van der Waals surface area contributed by atoms with Crippen molar-refractivity contribution in [2.24, 2.45) is 0 Å². The number of hydrogen-bond donors (Lipinski definition) is 0. The van der Waals surface area contributed by atoms with Gasteiger partial charge in [0.2, 0.25) is 0 Å². The van der Waals surface area contributed by atoms with Gasteiger partial charge in [-0.1, -0.05) is 11.6 Å². The number of hydrogen-bond acceptors (Lipinski definition) is 3. The van der Waals surface area contributed by atoms with Gasteiger partial charge in [-0.05, 0) is 25.6 Å². The number of aryl methyl sites for hydroxylation is 1. The molecule has 1 saturated heterocycles. The summed E-state index contributed by atoms with van der Waals surface area (Å²) in [5, 5.41) is 0.763. The first-order valence-electron chi connectivity index (χ1n) is 5.22. The maximum atomic E-state index is 6.18. The van der Waals surface area contributed by atoms with Crippen LogP contribution < -0.4 is 4.90 Å². The molecule has 1 fully saturated rings. The maximum absolute atomic E-state index is 6.18. The molecule has 0 atom stereocenters. The Morgan fingerprint density at radius 3 is 2.53 bits per heavy atom. The van der Waals surface area contributed by atoms with Crippen LogP contribution in [-0.2, 0) is 0 Å². The van der Waals surface area contributed by atoms with Crippen molar-refractivity contribution < 1.29 is 0 Å². The molecule has 1 aliphatic heterocycles. The van der Waals surface area contributed by atoms with Crippen LogP contribution >= 0.6 is 11.6 Å². The van der Waals surface area contributed by atoms with E-state index in [1.807, 2.05) is 19.2 Å². The highest BCUT2D eigenvalue weighted by Gasteiger charge is 2.17. The van der Waals surface area contributed by atoms with Gasteiger partial charge in [-0.3, -0.25) is 0 Å². The van der Waals surface area contributed by atoms with Crippen molar-refractivity contribution in [2.45, 2.75) is 6.92 Å². The van der Waals surface area contributed by atoms with Crippen LogP contribution in [0.2, 0.25) is 5.02 Å². The summed E-state index contributed by atoms with van der Waals surface area (Å²) in [4.78, 5) is 8.97. The summed E-state index contributed by atoms with van der Waals surface area (Å²) in [5.41, 5.74) is 1.11. The molecule has 0 amide bonds. The van der Waals surface area contributed by atoms with Crippen LogP contribution in [0.25, 0.3) is 0 Å². The number of likely N-dealkylation sites (N-methyl/N-ethyl adjacent to an activating group) is 1. The predicted molar refractivity (Wildman–Crippen MR) is 63.7 cm³/mol. The zero-order valence-electron chi connectivity index (χ0n) is 9.20. The third-order valence-corrected chi connectivity index (χ3v) is 3.04. The van der Waals surface area contributed by atoms with Gasteiger partial charge in [0, 0.05) is 32.4 Å². The van der Waals surface area contributed by atoms with Crippen LogP contribution in [0.3, 0.4) is 0 Å². The van der Waals surface area contributed by atoms with Crippen molar-refractivity contribution in [3.8, 4) is 0 Å². The van der Waals surface area contributed by atoms with Gasteiger partial charge >= 0.3 is 0 Å². The molecule has 2 rings (SSSR count). The highest BCUT2D eigenvalue weighted by atomic mass is 35.5. The molecular weight excluding hydrogens is 210 g/mol. The molecule has 82 valence electrons. The van der Waals surface area contributed by atoms with E-state index in [1.165, 1.54) is 0 Å². The summed E-state index contributed by atoms with van der Waals surface area (Å²) in [6, 6.07) is 1.97. The fraction of sp³-hybridized carbons (Fsp3) is 0.545. The summed E-state index contributed by atoms with van der Waals surface area (Å²) in [7, 11) is 2.14. The van der Waals surface area contributed by atoms with E-state index in [4.69, 9.17) is 11.6 Å². The third-order valence-electron chi connectivity index (χ3n) is 2.76. The van der Waals surface area contributed by atoms with E-state index in [0.29, 0.717) is 0 Å². The highest BCUT2D eigenvalue weighted by molar-refractivity contribution is 6.33. The third kappa shape index (κ3) is 2.41. The molecule has 3 nitrogen and oxygen atoms in total. The van der Waals surface area contributed by atoms with Gasteiger partial charge in [0.1, 0.15) is 5.82 Å². The Morgan fingerprint density at radius 2 is 1.93 bits per heavy atom. The van der Waals surface area contributed by atoms with Gasteiger partial charge in [0.05, 0.1) is 5.02 Å². The maximum Gasteiger partial charge on any atom is 0.147 e. The van der Waals surface area contributed by atoms with Crippen molar-refractivity contribution >= 4 is 17.4 Å². The number of nitrogens with zero attached hydrogens (tertiary/aromatic N) is 3. The van der Waals surface area contributed by atoms with E-state index in [1.54, 1.807) is 0 Å². The lowest BCUT2D eigenvalue weighted by Gasteiger charge is -2.33. The van der Waals surface area contributed by atoms with E-state index in [0.717, 1.165) is 42.6 Å². The molecule has 1 aliphatic rings. The van der Waals surface area contributed by atoms with Crippen molar-refractivity contribution in [3.63, 3.8) is 0 Å². The minimum Gasteiger partial charge on any atom is -0.353 e. The highest BCUT2D eigenvalue weighted by Crippen LogP contribution is 2.24. The van der Waals surface area contributed by atoms with Gasteiger partial charge in [0.15, 0.2) is 0 Å². The van der Waals surface area contributed by atoms with E-state index in [2.05, 4.69) is 21.8 Å². The van der Waals surface area contributed by atoms with E-state index >= 15 is 0 Å². The molecule has 0 spiro atoms. The zero-order valence-corrected chi connectivity index (χ0v) is 9.96. The first kappa shape index (κ1) is 10.7. The standard InChI is InChI=1S/C11H16ClN3/c1-9-7-10(12)11(13-8-9)15-5-3-14(2)4-6-15/h7-8H,3-6H2,1-2H3. The summed E-state index contributed by atoms with van der Waals surface area (Å²) < 4.78 is 0. The second-order valence-corrected chi connectivity index (χ2v) is 4.52. The number of halogens is 1. The van der Waals surface area contributed by atoms with Crippen molar-refractivity contribution in [1.82, 2.24) is 9.88 Å². The Labute approximate surface area is 95.7 Å².